The summed E-state index contributed by atoms with van der Waals surface area (Å²) in [5.41, 5.74) is 4.26. The molecular weight excluding hydrogens is 282 g/mol. The zero-order chi connectivity index (χ0) is 14.7. The van der Waals surface area contributed by atoms with E-state index in [9.17, 15) is 0 Å². The van der Waals surface area contributed by atoms with Gasteiger partial charge in [-0.2, -0.15) is 0 Å². The predicted octanol–water partition coefficient (Wildman–Crippen LogP) is 4.62. The van der Waals surface area contributed by atoms with Crippen LogP contribution in [0.25, 0.3) is 11.1 Å². The van der Waals surface area contributed by atoms with Gasteiger partial charge in [0.2, 0.25) is 0 Å². The van der Waals surface area contributed by atoms with E-state index in [1.54, 1.807) is 11.8 Å². The molecule has 3 nitrogen and oxygen atoms in total. The average Bonchev–Trinajstić information content (AvgIpc) is 2.90. The van der Waals surface area contributed by atoms with E-state index in [2.05, 4.69) is 31.0 Å². The lowest BCUT2D eigenvalue weighted by atomic mass is 10.1. The molecule has 21 heavy (non-hydrogen) atoms. The largest absolute Gasteiger partial charge is 0.493 e. The van der Waals surface area contributed by atoms with Crippen LogP contribution in [0.15, 0.2) is 52.1 Å². The minimum Gasteiger partial charge on any atom is -0.493 e. The standard InChI is InChI=1S/C17H17NO2S/c1-12-7-8-14(11-13(12)2)19-9-10-21-17-18-15-5-3-4-6-16(15)20-17/h3-8,11H,9-10H2,1-2H3. The Morgan fingerprint density at radius 3 is 2.76 bits per heavy atom. The van der Waals surface area contributed by atoms with Gasteiger partial charge in [-0.1, -0.05) is 30.0 Å². The van der Waals surface area contributed by atoms with E-state index in [4.69, 9.17) is 9.15 Å². The van der Waals surface area contributed by atoms with E-state index in [0.29, 0.717) is 11.8 Å². The topological polar surface area (TPSA) is 35.3 Å². The quantitative estimate of drug-likeness (QED) is 0.509. The number of ether oxygens (including phenoxy) is 1. The van der Waals surface area contributed by atoms with Crippen molar-refractivity contribution in [1.82, 2.24) is 4.98 Å². The first-order chi connectivity index (χ1) is 10.2. The molecule has 0 radical (unpaired) electrons. The Morgan fingerprint density at radius 1 is 1.10 bits per heavy atom. The fourth-order valence-corrected chi connectivity index (χ4v) is 2.66. The van der Waals surface area contributed by atoms with Crippen molar-refractivity contribution < 1.29 is 9.15 Å². The Labute approximate surface area is 128 Å². The summed E-state index contributed by atoms with van der Waals surface area (Å²) in [6.07, 6.45) is 0. The van der Waals surface area contributed by atoms with Gasteiger partial charge in [0.25, 0.3) is 5.22 Å². The van der Waals surface area contributed by atoms with Gasteiger partial charge in [0.15, 0.2) is 5.58 Å². The van der Waals surface area contributed by atoms with Crippen LogP contribution in [0.1, 0.15) is 11.1 Å². The maximum absolute atomic E-state index is 5.75. The fourth-order valence-electron chi connectivity index (χ4n) is 2.00. The lowest BCUT2D eigenvalue weighted by Gasteiger charge is -2.07. The van der Waals surface area contributed by atoms with Crippen molar-refractivity contribution in [2.75, 3.05) is 12.4 Å². The molecule has 0 spiro atoms. The predicted molar refractivity (Wildman–Crippen MR) is 86.1 cm³/mol. The van der Waals surface area contributed by atoms with Crippen LogP contribution in [0.4, 0.5) is 0 Å². The number of aromatic nitrogens is 1. The van der Waals surface area contributed by atoms with Gasteiger partial charge in [0.05, 0.1) is 6.61 Å². The zero-order valence-corrected chi connectivity index (χ0v) is 12.9. The number of aryl methyl sites for hydroxylation is 2. The third-order valence-corrected chi connectivity index (χ3v) is 4.12. The van der Waals surface area contributed by atoms with Crippen molar-refractivity contribution in [2.24, 2.45) is 0 Å². The lowest BCUT2D eigenvalue weighted by molar-refractivity contribution is 0.343. The Kier molecular flexibility index (Phi) is 4.15. The smallest absolute Gasteiger partial charge is 0.256 e. The number of benzene rings is 2. The Hall–Kier alpha value is -1.94. The maximum Gasteiger partial charge on any atom is 0.256 e. The van der Waals surface area contributed by atoms with Gasteiger partial charge in [-0.15, -0.1) is 0 Å². The third-order valence-electron chi connectivity index (χ3n) is 3.33. The molecule has 108 valence electrons. The lowest BCUT2D eigenvalue weighted by Crippen LogP contribution is -2.00. The van der Waals surface area contributed by atoms with Crippen molar-refractivity contribution in [3.05, 3.63) is 53.6 Å². The molecule has 0 saturated heterocycles. The summed E-state index contributed by atoms with van der Waals surface area (Å²) in [6.45, 7) is 4.82. The Balaban J connectivity index is 1.52. The summed E-state index contributed by atoms with van der Waals surface area (Å²) >= 11 is 1.57. The molecule has 1 heterocycles. The molecule has 0 fully saturated rings. The van der Waals surface area contributed by atoms with E-state index >= 15 is 0 Å². The minimum absolute atomic E-state index is 0.631. The van der Waals surface area contributed by atoms with Gasteiger partial charge in [-0.25, -0.2) is 4.98 Å². The van der Waals surface area contributed by atoms with Gasteiger partial charge in [0, 0.05) is 5.75 Å². The first kappa shape index (κ1) is 14.0. The molecule has 0 saturated carbocycles. The minimum atomic E-state index is 0.631. The van der Waals surface area contributed by atoms with Crippen LogP contribution in [-0.4, -0.2) is 17.3 Å². The number of fused-ring (bicyclic) bond motifs is 1. The first-order valence-corrected chi connectivity index (χ1v) is 7.89. The second-order valence-electron chi connectivity index (χ2n) is 4.89. The highest BCUT2D eigenvalue weighted by Gasteiger charge is 2.05. The molecule has 0 amide bonds. The molecule has 0 N–H and O–H groups in total. The van der Waals surface area contributed by atoms with Crippen molar-refractivity contribution in [3.63, 3.8) is 0 Å². The highest BCUT2D eigenvalue weighted by Crippen LogP contribution is 2.23. The van der Waals surface area contributed by atoms with Gasteiger partial charge in [-0.3, -0.25) is 0 Å². The third kappa shape index (κ3) is 3.39. The summed E-state index contributed by atoms with van der Waals surface area (Å²) in [7, 11) is 0. The van der Waals surface area contributed by atoms with E-state index in [0.717, 1.165) is 22.6 Å². The molecule has 0 unspecified atom stereocenters. The summed E-state index contributed by atoms with van der Waals surface area (Å²) < 4.78 is 11.4. The number of rotatable bonds is 5. The molecule has 0 aliphatic carbocycles. The second kappa shape index (κ2) is 6.22. The van der Waals surface area contributed by atoms with E-state index in [1.807, 2.05) is 30.3 Å². The van der Waals surface area contributed by atoms with Crippen molar-refractivity contribution in [2.45, 2.75) is 19.1 Å². The van der Waals surface area contributed by atoms with Crippen LogP contribution >= 0.6 is 11.8 Å². The first-order valence-electron chi connectivity index (χ1n) is 6.91. The van der Waals surface area contributed by atoms with Gasteiger partial charge < -0.3 is 9.15 Å². The van der Waals surface area contributed by atoms with Crippen LogP contribution in [0, 0.1) is 13.8 Å². The second-order valence-corrected chi connectivity index (χ2v) is 5.94. The number of nitrogens with zero attached hydrogens (tertiary/aromatic N) is 1. The molecule has 3 aromatic rings. The molecule has 0 aliphatic rings. The number of hydrogen-bond acceptors (Lipinski definition) is 4. The summed E-state index contributed by atoms with van der Waals surface area (Å²) in [6, 6.07) is 13.9. The molecule has 4 heteroatoms. The fraction of sp³-hybridized carbons (Fsp3) is 0.235. The van der Waals surface area contributed by atoms with Gasteiger partial charge in [0.1, 0.15) is 11.3 Å². The highest BCUT2D eigenvalue weighted by molar-refractivity contribution is 7.99. The molecule has 3 rings (SSSR count). The van der Waals surface area contributed by atoms with Crippen LogP contribution in [-0.2, 0) is 0 Å². The van der Waals surface area contributed by atoms with Crippen LogP contribution < -0.4 is 4.74 Å². The number of oxazole rings is 1. The van der Waals surface area contributed by atoms with Crippen LogP contribution in [0.5, 0.6) is 5.75 Å². The number of para-hydroxylation sites is 2. The van der Waals surface area contributed by atoms with Crippen LogP contribution in [0.3, 0.4) is 0 Å². The Morgan fingerprint density at radius 2 is 1.95 bits per heavy atom. The number of thioether (sulfide) groups is 1. The molecular formula is C17H17NO2S. The normalized spacial score (nSPS) is 11.0. The maximum atomic E-state index is 5.75. The monoisotopic (exact) mass is 299 g/mol. The average molecular weight is 299 g/mol. The Bertz CT molecular complexity index is 718. The van der Waals surface area contributed by atoms with Crippen LogP contribution in [0.2, 0.25) is 0 Å². The summed E-state index contributed by atoms with van der Waals surface area (Å²) in [5.74, 6) is 1.72. The SMILES string of the molecule is Cc1ccc(OCCSc2nc3ccccc3o2)cc1C. The van der Waals surface area contributed by atoms with E-state index in [-0.39, 0.29) is 0 Å². The number of hydrogen-bond donors (Lipinski definition) is 0. The zero-order valence-electron chi connectivity index (χ0n) is 12.1. The molecule has 0 atom stereocenters. The van der Waals surface area contributed by atoms with Crippen molar-refractivity contribution >= 4 is 22.9 Å². The molecule has 0 bridgehead atoms. The summed E-state index contributed by atoms with van der Waals surface area (Å²) in [4.78, 5) is 4.42. The summed E-state index contributed by atoms with van der Waals surface area (Å²) in [5, 5.41) is 0.694. The van der Waals surface area contributed by atoms with Gasteiger partial charge >= 0.3 is 0 Å². The van der Waals surface area contributed by atoms with Crippen molar-refractivity contribution in [3.8, 4) is 5.75 Å². The van der Waals surface area contributed by atoms with Gasteiger partial charge in [-0.05, 0) is 49.2 Å². The van der Waals surface area contributed by atoms with Crippen molar-refractivity contribution in [1.29, 1.82) is 0 Å². The highest BCUT2D eigenvalue weighted by atomic mass is 32.2. The van der Waals surface area contributed by atoms with E-state index in [1.165, 1.54) is 11.1 Å². The van der Waals surface area contributed by atoms with E-state index < -0.39 is 0 Å². The molecule has 1 aromatic heterocycles. The molecule has 0 aliphatic heterocycles. The molecule has 2 aromatic carbocycles.